The highest BCUT2D eigenvalue weighted by Gasteiger charge is 2.29. The number of ether oxygens (including phenoxy) is 2. The number of hydrogen-bond acceptors (Lipinski definition) is 3. The van der Waals surface area contributed by atoms with Crippen molar-refractivity contribution in [3.8, 4) is 0 Å². The Hall–Kier alpha value is -0.120. The molecule has 0 bridgehead atoms. The van der Waals surface area contributed by atoms with Gasteiger partial charge in [0.2, 0.25) is 0 Å². The van der Waals surface area contributed by atoms with Crippen LogP contribution in [0.2, 0.25) is 0 Å². The fourth-order valence-electron chi connectivity index (χ4n) is 1.81. The fourth-order valence-corrected chi connectivity index (χ4v) is 1.81. The Labute approximate surface area is 93.5 Å². The maximum Gasteiger partial charge on any atom is 0.0704 e. The summed E-state index contributed by atoms with van der Waals surface area (Å²) in [7, 11) is 0. The van der Waals surface area contributed by atoms with E-state index < -0.39 is 0 Å². The van der Waals surface area contributed by atoms with Crippen LogP contribution in [0.4, 0.5) is 0 Å². The van der Waals surface area contributed by atoms with Crippen molar-refractivity contribution in [2.24, 2.45) is 0 Å². The van der Waals surface area contributed by atoms with E-state index in [4.69, 9.17) is 9.47 Å². The van der Waals surface area contributed by atoms with Gasteiger partial charge in [-0.25, -0.2) is 0 Å². The van der Waals surface area contributed by atoms with Crippen molar-refractivity contribution < 1.29 is 9.47 Å². The first kappa shape index (κ1) is 12.9. The van der Waals surface area contributed by atoms with Gasteiger partial charge in [-0.1, -0.05) is 13.8 Å². The topological polar surface area (TPSA) is 30.5 Å². The van der Waals surface area contributed by atoms with E-state index in [1.165, 1.54) is 0 Å². The smallest absolute Gasteiger partial charge is 0.0704 e. The highest BCUT2D eigenvalue weighted by atomic mass is 16.5. The van der Waals surface area contributed by atoms with Gasteiger partial charge in [0.25, 0.3) is 0 Å². The lowest BCUT2D eigenvalue weighted by Crippen LogP contribution is -2.48. The zero-order valence-electron chi connectivity index (χ0n) is 10.5. The van der Waals surface area contributed by atoms with Crippen LogP contribution in [0.15, 0.2) is 0 Å². The van der Waals surface area contributed by atoms with Crippen LogP contribution in [0.5, 0.6) is 0 Å². The van der Waals surface area contributed by atoms with E-state index in [9.17, 15) is 0 Å². The zero-order chi connectivity index (χ0) is 11.3. The Kier molecular flexibility index (Phi) is 5.58. The lowest BCUT2D eigenvalue weighted by molar-refractivity contribution is -0.0516. The first-order valence-corrected chi connectivity index (χ1v) is 6.07. The second-order valence-electron chi connectivity index (χ2n) is 4.90. The van der Waals surface area contributed by atoms with Crippen LogP contribution in [0.25, 0.3) is 0 Å². The van der Waals surface area contributed by atoms with Crippen LogP contribution in [0, 0.1) is 0 Å². The molecule has 1 aliphatic carbocycles. The van der Waals surface area contributed by atoms with Crippen LogP contribution >= 0.6 is 0 Å². The maximum absolute atomic E-state index is 5.68. The van der Waals surface area contributed by atoms with Crippen molar-refractivity contribution in [2.75, 3.05) is 13.2 Å². The molecule has 1 rings (SSSR count). The minimum atomic E-state index is 0.311. The Morgan fingerprint density at radius 3 is 2.33 bits per heavy atom. The number of nitrogens with one attached hydrogen (secondary N) is 1. The first-order valence-electron chi connectivity index (χ1n) is 6.07. The lowest BCUT2D eigenvalue weighted by Gasteiger charge is -2.37. The summed E-state index contributed by atoms with van der Waals surface area (Å²) in [6, 6.07) is 1.25. The molecule has 1 saturated carbocycles. The van der Waals surface area contributed by atoms with E-state index in [0.29, 0.717) is 24.3 Å². The maximum atomic E-state index is 5.68. The van der Waals surface area contributed by atoms with Gasteiger partial charge in [-0.2, -0.15) is 0 Å². The Bertz CT molecular complexity index is 165. The molecule has 0 aromatic rings. The molecule has 90 valence electrons. The zero-order valence-corrected chi connectivity index (χ0v) is 10.5. The Morgan fingerprint density at radius 2 is 1.80 bits per heavy atom. The van der Waals surface area contributed by atoms with Crippen LogP contribution in [-0.2, 0) is 9.47 Å². The van der Waals surface area contributed by atoms with Gasteiger partial charge in [0.1, 0.15) is 0 Å². The molecule has 0 saturated heterocycles. The fraction of sp³-hybridized carbons (Fsp3) is 1.00. The van der Waals surface area contributed by atoms with Gasteiger partial charge in [0.15, 0.2) is 0 Å². The summed E-state index contributed by atoms with van der Waals surface area (Å²) in [6.45, 7) is 9.92. The van der Waals surface area contributed by atoms with E-state index in [1.54, 1.807) is 0 Å². The van der Waals surface area contributed by atoms with E-state index in [1.807, 2.05) is 13.8 Å². The van der Waals surface area contributed by atoms with Gasteiger partial charge in [-0.15, -0.1) is 0 Å². The largest absolute Gasteiger partial charge is 0.376 e. The van der Waals surface area contributed by atoms with Crippen molar-refractivity contribution in [1.82, 2.24) is 5.32 Å². The molecule has 0 atom stereocenters. The minimum absolute atomic E-state index is 0.311. The monoisotopic (exact) mass is 215 g/mol. The highest BCUT2D eigenvalue weighted by molar-refractivity contribution is 4.86. The van der Waals surface area contributed by atoms with Gasteiger partial charge >= 0.3 is 0 Å². The van der Waals surface area contributed by atoms with Crippen LogP contribution < -0.4 is 5.32 Å². The SMILES string of the molecule is CC(C)NC1CC(OCCOC(C)C)C1. The molecule has 0 radical (unpaired) electrons. The molecule has 15 heavy (non-hydrogen) atoms. The van der Waals surface area contributed by atoms with Crippen molar-refractivity contribution in [3.05, 3.63) is 0 Å². The van der Waals surface area contributed by atoms with Crippen molar-refractivity contribution >= 4 is 0 Å². The van der Waals surface area contributed by atoms with Crippen molar-refractivity contribution in [1.29, 1.82) is 0 Å². The summed E-state index contributed by atoms with van der Waals surface area (Å²) in [5.74, 6) is 0. The summed E-state index contributed by atoms with van der Waals surface area (Å²) in [4.78, 5) is 0. The average molecular weight is 215 g/mol. The van der Waals surface area contributed by atoms with Crippen molar-refractivity contribution in [2.45, 2.75) is 64.8 Å². The summed E-state index contributed by atoms with van der Waals surface area (Å²) in [6.07, 6.45) is 3.07. The molecular weight excluding hydrogens is 190 g/mol. The Balaban J connectivity index is 1.90. The first-order chi connectivity index (χ1) is 7.08. The van der Waals surface area contributed by atoms with Crippen LogP contribution in [0.1, 0.15) is 40.5 Å². The van der Waals surface area contributed by atoms with Crippen LogP contribution in [-0.4, -0.2) is 37.5 Å². The molecule has 1 aliphatic rings. The van der Waals surface area contributed by atoms with Gasteiger partial charge in [0.05, 0.1) is 25.4 Å². The molecule has 3 nitrogen and oxygen atoms in total. The van der Waals surface area contributed by atoms with E-state index in [-0.39, 0.29) is 0 Å². The number of hydrogen-bond donors (Lipinski definition) is 1. The molecule has 0 aromatic carbocycles. The molecule has 0 amide bonds. The molecule has 0 unspecified atom stereocenters. The summed E-state index contributed by atoms with van der Waals surface area (Å²) in [5, 5.41) is 3.51. The lowest BCUT2D eigenvalue weighted by atomic mass is 9.89. The van der Waals surface area contributed by atoms with E-state index in [0.717, 1.165) is 26.1 Å². The van der Waals surface area contributed by atoms with Crippen molar-refractivity contribution in [3.63, 3.8) is 0 Å². The normalized spacial score (nSPS) is 26.0. The summed E-state index contributed by atoms with van der Waals surface area (Å²) >= 11 is 0. The molecule has 3 heteroatoms. The third-order valence-corrected chi connectivity index (χ3v) is 2.55. The van der Waals surface area contributed by atoms with Gasteiger partial charge in [0, 0.05) is 12.1 Å². The standard InChI is InChI=1S/C12H25NO2/c1-9(2)13-11-7-12(8-11)15-6-5-14-10(3)4/h9-13H,5-8H2,1-4H3. The molecule has 0 aromatic heterocycles. The molecule has 1 fully saturated rings. The summed E-state index contributed by atoms with van der Waals surface area (Å²) in [5.41, 5.74) is 0. The Morgan fingerprint density at radius 1 is 1.13 bits per heavy atom. The van der Waals surface area contributed by atoms with E-state index in [2.05, 4.69) is 19.2 Å². The summed E-state index contributed by atoms with van der Waals surface area (Å²) < 4.78 is 11.1. The predicted molar refractivity (Wildman–Crippen MR) is 62.1 cm³/mol. The van der Waals surface area contributed by atoms with Crippen LogP contribution in [0.3, 0.4) is 0 Å². The quantitative estimate of drug-likeness (QED) is 0.659. The average Bonchev–Trinajstić information content (AvgIpc) is 2.06. The third-order valence-electron chi connectivity index (χ3n) is 2.55. The highest BCUT2D eigenvalue weighted by Crippen LogP contribution is 2.23. The number of rotatable bonds is 7. The molecule has 1 N–H and O–H groups in total. The predicted octanol–water partition coefficient (Wildman–Crippen LogP) is 1.96. The van der Waals surface area contributed by atoms with Gasteiger partial charge in [-0.3, -0.25) is 0 Å². The molecular formula is C12H25NO2. The second kappa shape index (κ2) is 6.46. The molecule has 0 heterocycles. The van der Waals surface area contributed by atoms with Gasteiger partial charge < -0.3 is 14.8 Å². The molecule has 0 spiro atoms. The van der Waals surface area contributed by atoms with Gasteiger partial charge in [-0.05, 0) is 26.7 Å². The minimum Gasteiger partial charge on any atom is -0.376 e. The second-order valence-corrected chi connectivity index (χ2v) is 4.90. The van der Waals surface area contributed by atoms with E-state index >= 15 is 0 Å². The molecule has 0 aliphatic heterocycles. The third kappa shape index (κ3) is 5.50.